The molecule has 0 radical (unpaired) electrons. The molecule has 1 aliphatic carbocycles. The molecule has 6 nitrogen and oxygen atoms in total. The maximum absolute atomic E-state index is 6.26. The molecule has 1 atom stereocenters. The summed E-state index contributed by atoms with van der Waals surface area (Å²) in [4.78, 5) is 11.1. The molecule has 0 aromatic heterocycles. The van der Waals surface area contributed by atoms with Gasteiger partial charge in [-0.1, -0.05) is 36.4 Å². The van der Waals surface area contributed by atoms with Crippen molar-refractivity contribution in [2.45, 2.75) is 25.6 Å². The maximum Gasteiger partial charge on any atom is 0.202 e. The summed E-state index contributed by atoms with van der Waals surface area (Å²) in [5.74, 6) is 2.06. The van der Waals surface area contributed by atoms with Crippen molar-refractivity contribution in [2.24, 2.45) is 15.7 Å². The Balaban J connectivity index is 1.68. The molecule has 25 heavy (non-hydrogen) atoms. The van der Waals surface area contributed by atoms with E-state index < -0.39 is 5.60 Å². The number of benzene rings is 1. The normalized spacial score (nSPS) is 25.0. The third-order valence-electron chi connectivity index (χ3n) is 4.84. The smallest absolute Gasteiger partial charge is 0.202 e. The maximum atomic E-state index is 6.26. The van der Waals surface area contributed by atoms with Gasteiger partial charge < -0.3 is 15.2 Å². The van der Waals surface area contributed by atoms with E-state index >= 15 is 0 Å². The van der Waals surface area contributed by atoms with Gasteiger partial charge in [-0.2, -0.15) is 0 Å². The van der Waals surface area contributed by atoms with Crippen LogP contribution < -0.4 is 5.73 Å². The Hall–Kier alpha value is -2.60. The van der Waals surface area contributed by atoms with E-state index in [1.165, 1.54) is 0 Å². The van der Waals surface area contributed by atoms with Gasteiger partial charge in [-0.05, 0) is 12.5 Å². The third kappa shape index (κ3) is 2.62. The zero-order chi connectivity index (χ0) is 17.4. The molecule has 0 fully saturated rings. The van der Waals surface area contributed by atoms with Gasteiger partial charge >= 0.3 is 0 Å². The molecular formula is C19H22N4O2. The van der Waals surface area contributed by atoms with Crippen LogP contribution in [0.5, 0.6) is 0 Å². The quantitative estimate of drug-likeness (QED) is 0.913. The summed E-state index contributed by atoms with van der Waals surface area (Å²) in [5, 5.41) is 0. The van der Waals surface area contributed by atoms with Crippen molar-refractivity contribution in [3.8, 4) is 0 Å². The van der Waals surface area contributed by atoms with Crippen LogP contribution in [0.25, 0.3) is 0 Å². The summed E-state index contributed by atoms with van der Waals surface area (Å²) in [6.07, 6.45) is 2.83. The van der Waals surface area contributed by atoms with Crippen LogP contribution in [0.3, 0.4) is 0 Å². The molecule has 0 bridgehead atoms. The lowest BCUT2D eigenvalue weighted by Crippen LogP contribution is -2.46. The van der Waals surface area contributed by atoms with E-state index in [1.54, 1.807) is 7.11 Å². The minimum absolute atomic E-state index is 0.463. The second-order valence-corrected chi connectivity index (χ2v) is 6.54. The minimum Gasteiger partial charge on any atom is -0.496 e. The third-order valence-corrected chi connectivity index (χ3v) is 4.84. The van der Waals surface area contributed by atoms with E-state index in [1.807, 2.05) is 30.0 Å². The van der Waals surface area contributed by atoms with Crippen LogP contribution >= 0.6 is 0 Å². The Labute approximate surface area is 147 Å². The van der Waals surface area contributed by atoms with Crippen molar-refractivity contribution in [1.82, 2.24) is 4.90 Å². The number of methoxy groups -OCH3 is 1. The molecule has 1 aromatic carbocycles. The van der Waals surface area contributed by atoms with Crippen LogP contribution in [0.4, 0.5) is 0 Å². The summed E-state index contributed by atoms with van der Waals surface area (Å²) >= 11 is 0. The van der Waals surface area contributed by atoms with Gasteiger partial charge in [0.25, 0.3) is 0 Å². The standard InChI is InChI=1S/C19H22N4O2/c1-19(25-12-13-6-4-3-5-7-13)9-8-14-15(16(19)24-2)22-18(20)23-11-10-21-17(14)23/h3-8H,9-12H2,1-2H3,(H2,20,22). The second-order valence-electron chi connectivity index (χ2n) is 6.54. The fourth-order valence-electron chi connectivity index (χ4n) is 3.50. The molecular weight excluding hydrogens is 316 g/mol. The average Bonchev–Trinajstić information content (AvgIpc) is 3.12. The highest BCUT2D eigenvalue weighted by atomic mass is 16.5. The number of guanidine groups is 1. The van der Waals surface area contributed by atoms with E-state index in [0.717, 1.165) is 35.8 Å². The first kappa shape index (κ1) is 15.9. The first-order valence-electron chi connectivity index (χ1n) is 8.46. The number of hydrogen-bond acceptors (Lipinski definition) is 6. The van der Waals surface area contributed by atoms with Crippen molar-refractivity contribution in [2.75, 3.05) is 20.2 Å². The summed E-state index contributed by atoms with van der Waals surface area (Å²) in [6.45, 7) is 4.05. The minimum atomic E-state index is -0.589. The molecule has 3 aliphatic rings. The van der Waals surface area contributed by atoms with E-state index in [-0.39, 0.29) is 0 Å². The zero-order valence-corrected chi connectivity index (χ0v) is 14.5. The van der Waals surface area contributed by atoms with E-state index in [9.17, 15) is 0 Å². The van der Waals surface area contributed by atoms with Crippen molar-refractivity contribution < 1.29 is 9.47 Å². The Morgan fingerprint density at radius 3 is 2.84 bits per heavy atom. The molecule has 0 saturated heterocycles. The molecule has 2 heterocycles. The lowest BCUT2D eigenvalue weighted by Gasteiger charge is -2.37. The lowest BCUT2D eigenvalue weighted by atomic mass is 9.87. The van der Waals surface area contributed by atoms with Crippen molar-refractivity contribution in [1.29, 1.82) is 0 Å². The Morgan fingerprint density at radius 1 is 1.28 bits per heavy atom. The van der Waals surface area contributed by atoms with Crippen LogP contribution in [-0.4, -0.2) is 42.5 Å². The number of nitrogens with zero attached hydrogens (tertiary/aromatic N) is 3. The predicted molar refractivity (Wildman–Crippen MR) is 97.0 cm³/mol. The van der Waals surface area contributed by atoms with Crippen LogP contribution in [0, 0.1) is 0 Å². The Morgan fingerprint density at radius 2 is 2.08 bits per heavy atom. The average molecular weight is 338 g/mol. The van der Waals surface area contributed by atoms with Gasteiger partial charge in [0.1, 0.15) is 17.1 Å². The van der Waals surface area contributed by atoms with Gasteiger partial charge in [-0.15, -0.1) is 0 Å². The molecule has 130 valence electrons. The van der Waals surface area contributed by atoms with Gasteiger partial charge in [-0.25, -0.2) is 4.99 Å². The second kappa shape index (κ2) is 6.04. The number of hydrogen-bond donors (Lipinski definition) is 1. The largest absolute Gasteiger partial charge is 0.496 e. The van der Waals surface area contributed by atoms with Gasteiger partial charge in [-0.3, -0.25) is 9.89 Å². The molecule has 6 heteroatoms. The van der Waals surface area contributed by atoms with Crippen LogP contribution in [0.2, 0.25) is 0 Å². The SMILES string of the molecule is COC1=C2N=C(N)N3CCN=C3C2=CCC1(C)OCc1ccccc1. The van der Waals surface area contributed by atoms with E-state index in [0.29, 0.717) is 24.7 Å². The van der Waals surface area contributed by atoms with Gasteiger partial charge in [0.05, 0.1) is 20.3 Å². The fourth-order valence-corrected chi connectivity index (χ4v) is 3.50. The van der Waals surface area contributed by atoms with Gasteiger partial charge in [0, 0.05) is 18.5 Å². The lowest BCUT2D eigenvalue weighted by molar-refractivity contribution is -0.0484. The number of amidine groups is 1. The summed E-state index contributed by atoms with van der Waals surface area (Å²) in [7, 11) is 1.66. The predicted octanol–water partition coefficient (Wildman–Crippen LogP) is 2.19. The molecule has 0 saturated carbocycles. The molecule has 1 unspecified atom stereocenters. The van der Waals surface area contributed by atoms with Crippen molar-refractivity contribution >= 4 is 11.8 Å². The Kier molecular flexibility index (Phi) is 3.84. The van der Waals surface area contributed by atoms with Crippen LogP contribution in [-0.2, 0) is 16.1 Å². The Bertz CT molecular complexity index is 810. The highest BCUT2D eigenvalue weighted by Crippen LogP contribution is 2.40. The summed E-state index contributed by atoms with van der Waals surface area (Å²) in [6, 6.07) is 10.1. The van der Waals surface area contributed by atoms with E-state index in [4.69, 9.17) is 15.2 Å². The number of aliphatic imine (C=N–C) groups is 2. The number of ether oxygens (including phenoxy) is 2. The summed E-state index contributed by atoms with van der Waals surface area (Å²) < 4.78 is 12.0. The summed E-state index contributed by atoms with van der Waals surface area (Å²) in [5.41, 5.74) is 8.39. The van der Waals surface area contributed by atoms with Crippen molar-refractivity contribution in [3.05, 3.63) is 59.0 Å². The number of nitrogens with two attached hydrogens (primary N) is 1. The van der Waals surface area contributed by atoms with Crippen LogP contribution in [0.15, 0.2) is 63.4 Å². The van der Waals surface area contributed by atoms with Crippen LogP contribution in [0.1, 0.15) is 18.9 Å². The van der Waals surface area contributed by atoms with Crippen molar-refractivity contribution in [3.63, 3.8) is 0 Å². The topological polar surface area (TPSA) is 72.4 Å². The van der Waals surface area contributed by atoms with Gasteiger partial charge in [0.15, 0.2) is 5.76 Å². The molecule has 2 aliphatic heterocycles. The molecule has 0 amide bonds. The fraction of sp³-hybridized carbons (Fsp3) is 0.368. The highest BCUT2D eigenvalue weighted by Gasteiger charge is 2.42. The number of rotatable bonds is 4. The van der Waals surface area contributed by atoms with E-state index in [2.05, 4.69) is 28.2 Å². The molecule has 2 N–H and O–H groups in total. The zero-order valence-electron chi connectivity index (χ0n) is 14.5. The highest BCUT2D eigenvalue weighted by molar-refractivity contribution is 6.14. The van der Waals surface area contributed by atoms with Gasteiger partial charge in [0.2, 0.25) is 5.96 Å². The molecule has 0 spiro atoms. The molecule has 1 aromatic rings. The first-order valence-corrected chi connectivity index (χ1v) is 8.46. The monoisotopic (exact) mass is 338 g/mol. The number of fused-ring (bicyclic) bond motifs is 3. The molecule has 4 rings (SSSR count). The first-order chi connectivity index (χ1) is 12.1.